The molecule has 20 heavy (non-hydrogen) atoms. The first-order valence-electron chi connectivity index (χ1n) is 7.42. The van der Waals surface area contributed by atoms with Crippen molar-refractivity contribution in [2.24, 2.45) is 5.41 Å². The number of nitrogens with zero attached hydrogens (tertiary/aromatic N) is 2. The lowest BCUT2D eigenvalue weighted by atomic mass is 9.77. The van der Waals surface area contributed by atoms with Crippen LogP contribution in [0.15, 0.2) is 22.7 Å². The lowest BCUT2D eigenvalue weighted by Gasteiger charge is -2.39. The van der Waals surface area contributed by atoms with Crippen molar-refractivity contribution in [3.63, 3.8) is 0 Å². The molecule has 0 spiro atoms. The van der Waals surface area contributed by atoms with Gasteiger partial charge in [0.2, 0.25) is 0 Å². The van der Waals surface area contributed by atoms with E-state index in [9.17, 15) is 0 Å². The quantitative estimate of drug-likeness (QED) is 0.888. The van der Waals surface area contributed by atoms with E-state index < -0.39 is 0 Å². The summed E-state index contributed by atoms with van der Waals surface area (Å²) in [5.74, 6) is 1.19. The van der Waals surface area contributed by atoms with Gasteiger partial charge >= 0.3 is 0 Å². The minimum Gasteiger partial charge on any atom is -0.327 e. The molecule has 2 aromatic rings. The molecule has 2 heterocycles. The molecule has 1 fully saturated rings. The van der Waals surface area contributed by atoms with Crippen molar-refractivity contribution in [1.29, 1.82) is 0 Å². The Morgan fingerprint density at radius 3 is 2.95 bits per heavy atom. The average molecular weight is 336 g/mol. The molecule has 0 amide bonds. The van der Waals surface area contributed by atoms with Gasteiger partial charge in [0.1, 0.15) is 5.82 Å². The zero-order valence-electron chi connectivity index (χ0n) is 12.4. The third kappa shape index (κ3) is 2.29. The van der Waals surface area contributed by atoms with Crippen molar-refractivity contribution >= 4 is 27.0 Å². The highest BCUT2D eigenvalue weighted by Crippen LogP contribution is 2.40. The zero-order chi connectivity index (χ0) is 14.3. The van der Waals surface area contributed by atoms with Crippen LogP contribution in [0.1, 0.15) is 45.5 Å². The topological polar surface area (TPSA) is 29.9 Å². The van der Waals surface area contributed by atoms with Crippen LogP contribution in [0.2, 0.25) is 0 Å². The van der Waals surface area contributed by atoms with E-state index in [0.717, 1.165) is 23.1 Å². The SMILES string of the molecule is CCn1c(C2NCCCC2(C)C)nc2cc(Br)ccc21. The summed E-state index contributed by atoms with van der Waals surface area (Å²) in [5, 5.41) is 3.68. The first-order valence-corrected chi connectivity index (χ1v) is 8.21. The Morgan fingerprint density at radius 2 is 2.25 bits per heavy atom. The molecule has 108 valence electrons. The fraction of sp³-hybridized carbons (Fsp3) is 0.562. The molecule has 1 saturated heterocycles. The van der Waals surface area contributed by atoms with Gasteiger partial charge in [0.25, 0.3) is 0 Å². The third-order valence-electron chi connectivity index (χ3n) is 4.44. The van der Waals surface area contributed by atoms with E-state index in [-0.39, 0.29) is 5.41 Å². The highest BCUT2D eigenvalue weighted by atomic mass is 79.9. The normalized spacial score (nSPS) is 22.3. The number of rotatable bonds is 2. The summed E-state index contributed by atoms with van der Waals surface area (Å²) >= 11 is 3.54. The van der Waals surface area contributed by atoms with Crippen molar-refractivity contribution in [2.75, 3.05) is 6.54 Å². The van der Waals surface area contributed by atoms with Gasteiger partial charge in [-0.3, -0.25) is 0 Å². The second kappa shape index (κ2) is 5.15. The first-order chi connectivity index (χ1) is 9.53. The molecule has 0 aliphatic carbocycles. The molecule has 1 N–H and O–H groups in total. The van der Waals surface area contributed by atoms with Crippen molar-refractivity contribution in [3.8, 4) is 0 Å². The highest BCUT2D eigenvalue weighted by molar-refractivity contribution is 9.10. The van der Waals surface area contributed by atoms with Crippen LogP contribution < -0.4 is 5.32 Å². The van der Waals surface area contributed by atoms with Gasteiger partial charge in [-0.1, -0.05) is 29.8 Å². The summed E-state index contributed by atoms with van der Waals surface area (Å²) < 4.78 is 3.44. The number of aromatic nitrogens is 2. The number of aryl methyl sites for hydroxylation is 1. The van der Waals surface area contributed by atoms with E-state index in [4.69, 9.17) is 4.98 Å². The van der Waals surface area contributed by atoms with Gasteiger partial charge in [0.05, 0.1) is 17.1 Å². The Morgan fingerprint density at radius 1 is 1.45 bits per heavy atom. The molecule has 3 rings (SSSR count). The number of hydrogen-bond acceptors (Lipinski definition) is 2. The number of benzene rings is 1. The minimum atomic E-state index is 0.254. The van der Waals surface area contributed by atoms with E-state index in [1.54, 1.807) is 0 Å². The van der Waals surface area contributed by atoms with E-state index >= 15 is 0 Å². The Hall–Kier alpha value is -0.870. The van der Waals surface area contributed by atoms with E-state index in [1.165, 1.54) is 24.2 Å². The Bertz CT molecular complexity index is 630. The van der Waals surface area contributed by atoms with Crippen LogP contribution in [0, 0.1) is 5.41 Å². The van der Waals surface area contributed by atoms with Gasteiger partial charge in [-0.15, -0.1) is 0 Å². The van der Waals surface area contributed by atoms with Crippen LogP contribution in [-0.2, 0) is 6.54 Å². The number of hydrogen-bond donors (Lipinski definition) is 1. The third-order valence-corrected chi connectivity index (χ3v) is 4.94. The summed E-state index contributed by atoms with van der Waals surface area (Å²) in [7, 11) is 0. The molecule has 0 bridgehead atoms. The summed E-state index contributed by atoms with van der Waals surface area (Å²) in [6.07, 6.45) is 2.50. The van der Waals surface area contributed by atoms with Crippen LogP contribution in [0.25, 0.3) is 11.0 Å². The maximum Gasteiger partial charge on any atom is 0.127 e. The molecule has 1 aromatic heterocycles. The van der Waals surface area contributed by atoms with E-state index in [0.29, 0.717) is 6.04 Å². The zero-order valence-corrected chi connectivity index (χ0v) is 14.0. The van der Waals surface area contributed by atoms with Crippen LogP contribution >= 0.6 is 15.9 Å². The highest BCUT2D eigenvalue weighted by Gasteiger charge is 2.36. The second-order valence-corrected chi connectivity index (χ2v) is 7.24. The molecule has 1 unspecified atom stereocenters. The number of fused-ring (bicyclic) bond motifs is 1. The fourth-order valence-electron chi connectivity index (χ4n) is 3.33. The number of halogens is 1. The van der Waals surface area contributed by atoms with Crippen LogP contribution in [0.5, 0.6) is 0 Å². The smallest absolute Gasteiger partial charge is 0.127 e. The van der Waals surface area contributed by atoms with Gasteiger partial charge in [-0.2, -0.15) is 0 Å². The van der Waals surface area contributed by atoms with Crippen molar-refractivity contribution in [2.45, 2.75) is 46.2 Å². The van der Waals surface area contributed by atoms with Crippen molar-refractivity contribution in [1.82, 2.24) is 14.9 Å². The molecule has 0 saturated carbocycles. The molecule has 1 aliphatic heterocycles. The monoisotopic (exact) mass is 335 g/mol. The van der Waals surface area contributed by atoms with Crippen molar-refractivity contribution < 1.29 is 0 Å². The molecule has 1 aliphatic rings. The van der Waals surface area contributed by atoms with Gasteiger partial charge < -0.3 is 9.88 Å². The Balaban J connectivity index is 2.15. The molecular weight excluding hydrogens is 314 g/mol. The largest absolute Gasteiger partial charge is 0.327 e. The maximum atomic E-state index is 4.93. The molecule has 1 atom stereocenters. The molecule has 4 heteroatoms. The number of piperidine rings is 1. The summed E-state index contributed by atoms with van der Waals surface area (Å²) in [6, 6.07) is 6.71. The van der Waals surface area contributed by atoms with Crippen LogP contribution in [0.3, 0.4) is 0 Å². The predicted octanol–water partition coefficient (Wildman–Crippen LogP) is 4.27. The van der Waals surface area contributed by atoms with Gasteiger partial charge in [0, 0.05) is 11.0 Å². The molecule has 1 aromatic carbocycles. The van der Waals surface area contributed by atoms with E-state index in [1.807, 2.05) is 0 Å². The molecule has 3 nitrogen and oxygen atoms in total. The molecule has 0 radical (unpaired) electrons. The lowest BCUT2D eigenvalue weighted by Crippen LogP contribution is -2.41. The van der Waals surface area contributed by atoms with Gasteiger partial charge in [-0.25, -0.2) is 4.98 Å². The van der Waals surface area contributed by atoms with Gasteiger partial charge in [-0.05, 0) is 49.9 Å². The Kier molecular flexibility index (Phi) is 3.63. The maximum absolute atomic E-state index is 4.93. The second-order valence-electron chi connectivity index (χ2n) is 6.33. The van der Waals surface area contributed by atoms with E-state index in [2.05, 4.69) is 64.8 Å². The van der Waals surface area contributed by atoms with Crippen molar-refractivity contribution in [3.05, 3.63) is 28.5 Å². The average Bonchev–Trinajstić information content (AvgIpc) is 2.75. The van der Waals surface area contributed by atoms with Crippen LogP contribution in [-0.4, -0.2) is 16.1 Å². The first kappa shape index (κ1) is 14.1. The summed E-state index contributed by atoms with van der Waals surface area (Å²) in [4.78, 5) is 4.93. The predicted molar refractivity (Wildman–Crippen MR) is 86.9 cm³/mol. The number of nitrogens with one attached hydrogen (secondary N) is 1. The molecular formula is C16H22BrN3. The Labute approximate surface area is 128 Å². The summed E-state index contributed by atoms with van der Waals surface area (Å²) in [6.45, 7) is 8.94. The fourth-order valence-corrected chi connectivity index (χ4v) is 3.68. The van der Waals surface area contributed by atoms with Crippen LogP contribution in [0.4, 0.5) is 0 Å². The lowest BCUT2D eigenvalue weighted by molar-refractivity contribution is 0.171. The minimum absolute atomic E-state index is 0.254. The summed E-state index contributed by atoms with van der Waals surface area (Å²) in [5.41, 5.74) is 2.57. The standard InChI is InChI=1S/C16H22BrN3/c1-4-20-13-7-6-11(17)10-12(13)19-15(20)14-16(2,3)8-5-9-18-14/h6-7,10,14,18H,4-5,8-9H2,1-3H3. The number of imidazole rings is 1. The van der Waals surface area contributed by atoms with Gasteiger partial charge in [0.15, 0.2) is 0 Å².